The van der Waals surface area contributed by atoms with Crippen LogP contribution in [0.1, 0.15) is 20.3 Å². The molecule has 0 aromatic heterocycles. The van der Waals surface area contributed by atoms with Crippen molar-refractivity contribution in [2.24, 2.45) is 0 Å². The lowest BCUT2D eigenvalue weighted by molar-refractivity contribution is -0.136. The van der Waals surface area contributed by atoms with E-state index in [-0.39, 0.29) is 6.42 Å². The van der Waals surface area contributed by atoms with Crippen molar-refractivity contribution in [2.75, 3.05) is 0 Å². The molecule has 0 unspecified atom stereocenters. The molecule has 0 aliphatic heterocycles. The standard InChI is InChI=1S/C6H10O2/c1-5(2)3-4-6(7)8/h3H,4H2,1-2H3,(H,7,8). The average Bonchev–Trinajstić information content (AvgIpc) is 1.61. The molecule has 0 saturated heterocycles. The van der Waals surface area contributed by atoms with Crippen molar-refractivity contribution in [1.29, 1.82) is 0 Å². The molecule has 8 heavy (non-hydrogen) atoms. The SMILES string of the molecule is CC(C)=CCC(=O)O. The summed E-state index contributed by atoms with van der Waals surface area (Å²) >= 11 is 0. The largest absolute Gasteiger partial charge is 0.481 e. The van der Waals surface area contributed by atoms with E-state index < -0.39 is 5.97 Å². The molecule has 0 amide bonds. The van der Waals surface area contributed by atoms with Crippen LogP contribution in [-0.4, -0.2) is 11.1 Å². The first-order valence-electron chi connectivity index (χ1n) is 2.48. The molecule has 0 bridgehead atoms. The second-order valence-corrected chi connectivity index (χ2v) is 1.88. The van der Waals surface area contributed by atoms with Gasteiger partial charge in [0.25, 0.3) is 0 Å². The summed E-state index contributed by atoms with van der Waals surface area (Å²) in [6.45, 7) is 3.76. The van der Waals surface area contributed by atoms with Gasteiger partial charge >= 0.3 is 5.97 Å². The lowest BCUT2D eigenvalue weighted by Crippen LogP contribution is -1.90. The Balaban J connectivity index is 3.45. The molecular formula is C6H10O2. The Morgan fingerprint density at radius 2 is 2.12 bits per heavy atom. The van der Waals surface area contributed by atoms with Gasteiger partial charge in [-0.15, -0.1) is 0 Å². The van der Waals surface area contributed by atoms with Crippen LogP contribution in [-0.2, 0) is 4.79 Å². The van der Waals surface area contributed by atoms with Crippen molar-refractivity contribution in [3.63, 3.8) is 0 Å². The molecule has 0 heterocycles. The fraction of sp³-hybridized carbons (Fsp3) is 0.500. The van der Waals surface area contributed by atoms with Gasteiger partial charge in [-0.25, -0.2) is 0 Å². The summed E-state index contributed by atoms with van der Waals surface area (Å²) in [5.74, 6) is -0.772. The second-order valence-electron chi connectivity index (χ2n) is 1.88. The molecule has 46 valence electrons. The summed E-state index contributed by atoms with van der Waals surface area (Å²) in [6.07, 6.45) is 1.82. The van der Waals surface area contributed by atoms with Crippen LogP contribution in [0.4, 0.5) is 0 Å². The fourth-order valence-corrected chi connectivity index (χ4v) is 0.291. The van der Waals surface area contributed by atoms with Gasteiger partial charge in [-0.1, -0.05) is 11.6 Å². The first-order chi connectivity index (χ1) is 3.63. The number of carboxylic acid groups (broad SMARTS) is 1. The van der Waals surface area contributed by atoms with Crippen molar-refractivity contribution in [2.45, 2.75) is 20.3 Å². The van der Waals surface area contributed by atoms with Crippen LogP contribution in [0.15, 0.2) is 11.6 Å². The summed E-state index contributed by atoms with van der Waals surface area (Å²) in [5.41, 5.74) is 1.05. The molecule has 0 atom stereocenters. The van der Waals surface area contributed by atoms with Crippen molar-refractivity contribution in [3.05, 3.63) is 11.6 Å². The zero-order valence-corrected chi connectivity index (χ0v) is 5.14. The second kappa shape index (κ2) is 3.24. The topological polar surface area (TPSA) is 37.3 Å². The maximum Gasteiger partial charge on any atom is 0.307 e. The number of allylic oxidation sites excluding steroid dienone is 1. The van der Waals surface area contributed by atoms with Crippen molar-refractivity contribution in [1.82, 2.24) is 0 Å². The molecule has 0 radical (unpaired) electrons. The summed E-state index contributed by atoms with van der Waals surface area (Å²) in [7, 11) is 0. The highest BCUT2D eigenvalue weighted by Gasteiger charge is 1.88. The van der Waals surface area contributed by atoms with Gasteiger partial charge in [0.1, 0.15) is 0 Å². The quantitative estimate of drug-likeness (QED) is 0.551. The van der Waals surface area contributed by atoms with Crippen LogP contribution in [0.5, 0.6) is 0 Å². The molecule has 0 aliphatic carbocycles. The Kier molecular flexibility index (Phi) is 2.92. The van der Waals surface area contributed by atoms with Crippen LogP contribution in [0, 0.1) is 0 Å². The van der Waals surface area contributed by atoms with Crippen LogP contribution in [0.25, 0.3) is 0 Å². The lowest BCUT2D eigenvalue weighted by atomic mass is 10.3. The van der Waals surface area contributed by atoms with E-state index in [0.717, 1.165) is 5.57 Å². The predicted molar refractivity (Wildman–Crippen MR) is 31.7 cm³/mol. The Hall–Kier alpha value is -0.790. The monoisotopic (exact) mass is 114 g/mol. The van der Waals surface area contributed by atoms with Gasteiger partial charge in [0.05, 0.1) is 6.42 Å². The van der Waals surface area contributed by atoms with E-state index in [1.54, 1.807) is 6.08 Å². The average molecular weight is 114 g/mol. The predicted octanol–water partition coefficient (Wildman–Crippen LogP) is 1.43. The van der Waals surface area contributed by atoms with E-state index in [2.05, 4.69) is 0 Å². The number of hydrogen-bond donors (Lipinski definition) is 1. The highest BCUT2D eigenvalue weighted by molar-refractivity contribution is 5.68. The molecule has 1 N–H and O–H groups in total. The summed E-state index contributed by atoms with van der Waals surface area (Å²) in [4.78, 5) is 9.86. The third-order valence-corrected chi connectivity index (χ3v) is 0.685. The van der Waals surface area contributed by atoms with Gasteiger partial charge in [-0.3, -0.25) is 4.79 Å². The fourth-order valence-electron chi connectivity index (χ4n) is 0.291. The van der Waals surface area contributed by atoms with E-state index in [1.165, 1.54) is 0 Å². The zero-order valence-electron chi connectivity index (χ0n) is 5.14. The van der Waals surface area contributed by atoms with E-state index >= 15 is 0 Å². The number of aliphatic carboxylic acids is 1. The number of hydrogen-bond acceptors (Lipinski definition) is 1. The van der Waals surface area contributed by atoms with E-state index in [0.29, 0.717) is 0 Å². The van der Waals surface area contributed by atoms with Crippen molar-refractivity contribution in [3.8, 4) is 0 Å². The van der Waals surface area contributed by atoms with Gasteiger partial charge in [-0.05, 0) is 13.8 Å². The van der Waals surface area contributed by atoms with Crippen LogP contribution < -0.4 is 0 Å². The van der Waals surface area contributed by atoms with Crippen LogP contribution in [0.2, 0.25) is 0 Å². The molecule has 0 rings (SSSR count). The first-order valence-corrected chi connectivity index (χ1v) is 2.48. The summed E-state index contributed by atoms with van der Waals surface area (Å²) < 4.78 is 0. The highest BCUT2D eigenvalue weighted by Crippen LogP contribution is 1.91. The Bertz CT molecular complexity index is 110. The van der Waals surface area contributed by atoms with Gasteiger partial charge in [0, 0.05) is 0 Å². The van der Waals surface area contributed by atoms with Crippen molar-refractivity contribution < 1.29 is 9.90 Å². The minimum absolute atomic E-state index is 0.141. The number of carboxylic acids is 1. The zero-order chi connectivity index (χ0) is 6.57. The van der Waals surface area contributed by atoms with E-state index in [1.807, 2.05) is 13.8 Å². The van der Waals surface area contributed by atoms with Crippen molar-refractivity contribution >= 4 is 5.97 Å². The number of rotatable bonds is 2. The molecular weight excluding hydrogens is 104 g/mol. The molecule has 0 spiro atoms. The maximum absolute atomic E-state index is 9.86. The molecule has 0 aromatic carbocycles. The highest BCUT2D eigenvalue weighted by atomic mass is 16.4. The minimum Gasteiger partial charge on any atom is -0.481 e. The molecule has 2 nitrogen and oxygen atoms in total. The molecule has 0 fully saturated rings. The van der Waals surface area contributed by atoms with Gasteiger partial charge in [0.15, 0.2) is 0 Å². The Morgan fingerprint density at radius 1 is 1.62 bits per heavy atom. The van der Waals surface area contributed by atoms with Crippen LogP contribution in [0.3, 0.4) is 0 Å². The third kappa shape index (κ3) is 5.21. The third-order valence-electron chi connectivity index (χ3n) is 0.685. The summed E-state index contributed by atoms with van der Waals surface area (Å²) in [5, 5.41) is 8.12. The summed E-state index contributed by atoms with van der Waals surface area (Å²) in [6, 6.07) is 0. The molecule has 0 aromatic rings. The molecule has 0 aliphatic rings. The minimum atomic E-state index is -0.772. The Morgan fingerprint density at radius 3 is 2.25 bits per heavy atom. The smallest absolute Gasteiger partial charge is 0.307 e. The number of carbonyl (C=O) groups is 1. The van der Waals surface area contributed by atoms with Gasteiger partial charge in [-0.2, -0.15) is 0 Å². The first kappa shape index (κ1) is 7.21. The van der Waals surface area contributed by atoms with E-state index in [9.17, 15) is 4.79 Å². The van der Waals surface area contributed by atoms with E-state index in [4.69, 9.17) is 5.11 Å². The normalized spacial score (nSPS) is 8.25. The lowest BCUT2D eigenvalue weighted by Gasteiger charge is -1.84. The van der Waals surface area contributed by atoms with Gasteiger partial charge < -0.3 is 5.11 Å². The molecule has 2 heteroatoms. The van der Waals surface area contributed by atoms with Crippen LogP contribution >= 0.6 is 0 Å². The maximum atomic E-state index is 9.86. The molecule has 0 saturated carbocycles. The van der Waals surface area contributed by atoms with Gasteiger partial charge in [0.2, 0.25) is 0 Å². The Labute approximate surface area is 48.8 Å².